The Morgan fingerprint density at radius 3 is 2.26 bits per heavy atom. The summed E-state index contributed by atoms with van der Waals surface area (Å²) in [5.41, 5.74) is -0.0170. The molecule has 0 radical (unpaired) electrons. The van der Waals surface area contributed by atoms with E-state index in [1.807, 2.05) is 18.2 Å². The molecular formula is C16H30N2O7P2. The normalized spacial score (nSPS) is 16.6. The van der Waals surface area contributed by atoms with E-state index in [2.05, 4.69) is 10.3 Å². The van der Waals surface area contributed by atoms with E-state index < -0.39 is 27.2 Å². The zero-order valence-electron chi connectivity index (χ0n) is 16.2. The zero-order chi connectivity index (χ0) is 20.3. The van der Waals surface area contributed by atoms with Crippen LogP contribution < -0.4 is 5.32 Å². The van der Waals surface area contributed by atoms with Gasteiger partial charge in [0.1, 0.15) is 5.66 Å². The van der Waals surface area contributed by atoms with E-state index in [0.717, 1.165) is 5.69 Å². The van der Waals surface area contributed by atoms with Gasteiger partial charge in [-0.1, -0.05) is 6.07 Å². The van der Waals surface area contributed by atoms with Crippen molar-refractivity contribution in [1.82, 2.24) is 10.3 Å². The van der Waals surface area contributed by atoms with Gasteiger partial charge >= 0.3 is 15.4 Å². The number of pyridine rings is 1. The minimum absolute atomic E-state index is 0.0116. The van der Waals surface area contributed by atoms with Crippen LogP contribution >= 0.6 is 15.4 Å². The molecule has 27 heavy (non-hydrogen) atoms. The number of nitrogens with one attached hydrogen (secondary N) is 1. The monoisotopic (exact) mass is 424 g/mol. The molecule has 0 fully saturated rings. The molecule has 0 aliphatic carbocycles. The smallest absolute Gasteiger partial charge is 0.310 e. The van der Waals surface area contributed by atoms with Crippen LogP contribution in [-0.4, -0.2) is 48.0 Å². The van der Waals surface area contributed by atoms with E-state index in [1.165, 1.54) is 0 Å². The van der Waals surface area contributed by atoms with Crippen molar-refractivity contribution >= 4 is 15.4 Å². The number of aromatic nitrogens is 1. The summed E-state index contributed by atoms with van der Waals surface area (Å²) in [6, 6.07) is 5.53. The SMILES string of the molecule is CCOP(=O)(O)OC(C)C(CNCc1ccccn1)P(=O)(OCC)OCC. The Labute approximate surface area is 160 Å². The zero-order valence-corrected chi connectivity index (χ0v) is 18.0. The minimum atomic E-state index is -4.27. The number of phosphoric acid groups is 1. The quantitative estimate of drug-likeness (QED) is 0.434. The summed E-state index contributed by atoms with van der Waals surface area (Å²) in [5, 5.41) is 3.14. The predicted molar refractivity (Wildman–Crippen MR) is 103 cm³/mol. The Kier molecular flexibility index (Phi) is 10.9. The van der Waals surface area contributed by atoms with Gasteiger partial charge in [-0.25, -0.2) is 4.57 Å². The van der Waals surface area contributed by atoms with Crippen LogP contribution in [0.1, 0.15) is 33.4 Å². The van der Waals surface area contributed by atoms with Crippen LogP contribution in [0.3, 0.4) is 0 Å². The summed E-state index contributed by atoms with van der Waals surface area (Å²) in [7, 11) is -7.88. The van der Waals surface area contributed by atoms with E-state index in [4.69, 9.17) is 18.1 Å². The molecule has 0 aliphatic heterocycles. The summed E-state index contributed by atoms with van der Waals surface area (Å²) in [6.45, 7) is 7.46. The van der Waals surface area contributed by atoms with Crippen LogP contribution in [0.2, 0.25) is 0 Å². The third kappa shape index (κ3) is 8.50. The maximum absolute atomic E-state index is 13.2. The Balaban J connectivity index is 2.92. The lowest BCUT2D eigenvalue weighted by Gasteiger charge is -2.31. The first-order valence-electron chi connectivity index (χ1n) is 8.93. The van der Waals surface area contributed by atoms with Crippen molar-refractivity contribution < 1.29 is 32.1 Å². The molecule has 2 N–H and O–H groups in total. The second kappa shape index (κ2) is 12.0. The van der Waals surface area contributed by atoms with Gasteiger partial charge in [0.25, 0.3) is 0 Å². The Morgan fingerprint density at radius 1 is 1.11 bits per heavy atom. The standard InChI is InChI=1S/C16H30N2O7P2/c1-5-22-26(19,23-6-2)16(14(4)25-27(20,21)24-7-3)13-17-12-15-10-8-9-11-18-15/h8-11,14,16-17H,5-7,12-13H2,1-4H3,(H,20,21). The predicted octanol–water partition coefficient (Wildman–Crippen LogP) is 3.35. The van der Waals surface area contributed by atoms with Crippen LogP contribution in [0.5, 0.6) is 0 Å². The highest BCUT2D eigenvalue weighted by Crippen LogP contribution is 2.56. The average molecular weight is 424 g/mol. The fourth-order valence-corrected chi connectivity index (χ4v) is 5.60. The Bertz CT molecular complexity index is 622. The molecule has 1 heterocycles. The van der Waals surface area contributed by atoms with Gasteiger partial charge in [0.2, 0.25) is 0 Å². The third-order valence-corrected chi connectivity index (χ3v) is 7.38. The van der Waals surface area contributed by atoms with Crippen molar-refractivity contribution in [2.24, 2.45) is 0 Å². The van der Waals surface area contributed by atoms with Gasteiger partial charge in [0.05, 0.1) is 31.6 Å². The van der Waals surface area contributed by atoms with E-state index in [9.17, 15) is 14.0 Å². The van der Waals surface area contributed by atoms with E-state index >= 15 is 0 Å². The Hall–Kier alpha value is -0.630. The number of hydrogen-bond donors (Lipinski definition) is 2. The highest BCUT2D eigenvalue weighted by atomic mass is 31.2. The maximum atomic E-state index is 13.2. The summed E-state index contributed by atoms with van der Waals surface area (Å²) < 4.78 is 46.0. The van der Waals surface area contributed by atoms with Gasteiger partial charge in [0, 0.05) is 19.3 Å². The lowest BCUT2D eigenvalue weighted by molar-refractivity contribution is 0.103. The number of nitrogens with zero attached hydrogens (tertiary/aromatic N) is 1. The first-order valence-corrected chi connectivity index (χ1v) is 12.0. The first-order chi connectivity index (χ1) is 12.8. The highest BCUT2D eigenvalue weighted by molar-refractivity contribution is 7.54. The molecule has 0 aromatic carbocycles. The number of rotatable bonds is 14. The number of phosphoric ester groups is 1. The number of hydrogen-bond acceptors (Lipinski definition) is 8. The second-order valence-electron chi connectivity index (χ2n) is 5.59. The van der Waals surface area contributed by atoms with Crippen molar-refractivity contribution in [3.63, 3.8) is 0 Å². The molecule has 11 heteroatoms. The first kappa shape index (κ1) is 24.4. The summed E-state index contributed by atoms with van der Waals surface area (Å²) >= 11 is 0. The largest absolute Gasteiger partial charge is 0.472 e. The fourth-order valence-electron chi connectivity index (χ4n) is 2.45. The molecule has 156 valence electrons. The van der Waals surface area contributed by atoms with E-state index in [0.29, 0.717) is 6.54 Å². The maximum Gasteiger partial charge on any atom is 0.472 e. The summed E-state index contributed by atoms with van der Waals surface area (Å²) in [5.74, 6) is 0. The molecule has 9 nitrogen and oxygen atoms in total. The second-order valence-corrected chi connectivity index (χ2v) is 9.26. The Morgan fingerprint density at radius 2 is 1.74 bits per heavy atom. The molecule has 0 bridgehead atoms. The van der Waals surface area contributed by atoms with Gasteiger partial charge in [-0.15, -0.1) is 0 Å². The van der Waals surface area contributed by atoms with Crippen LogP contribution in [0.25, 0.3) is 0 Å². The van der Waals surface area contributed by atoms with Crippen LogP contribution in [-0.2, 0) is 33.8 Å². The topological polar surface area (TPSA) is 116 Å². The van der Waals surface area contributed by atoms with Gasteiger partial charge in [-0.3, -0.25) is 18.6 Å². The van der Waals surface area contributed by atoms with Gasteiger partial charge in [-0.2, -0.15) is 0 Å². The highest BCUT2D eigenvalue weighted by Gasteiger charge is 2.42. The molecule has 3 unspecified atom stereocenters. The van der Waals surface area contributed by atoms with Gasteiger partial charge in [-0.05, 0) is 39.8 Å². The molecule has 3 atom stereocenters. The van der Waals surface area contributed by atoms with Crippen LogP contribution in [0.15, 0.2) is 24.4 Å². The van der Waals surface area contributed by atoms with Gasteiger partial charge < -0.3 is 19.3 Å². The lowest BCUT2D eigenvalue weighted by Crippen LogP contribution is -2.37. The van der Waals surface area contributed by atoms with Crippen molar-refractivity contribution in [3.8, 4) is 0 Å². The lowest BCUT2D eigenvalue weighted by atomic mass is 10.2. The van der Waals surface area contributed by atoms with Gasteiger partial charge in [0.15, 0.2) is 0 Å². The molecule has 1 aromatic rings. The van der Waals surface area contributed by atoms with Crippen LogP contribution in [0.4, 0.5) is 0 Å². The van der Waals surface area contributed by atoms with Crippen molar-refractivity contribution in [1.29, 1.82) is 0 Å². The molecule has 0 saturated carbocycles. The minimum Gasteiger partial charge on any atom is -0.310 e. The molecule has 0 amide bonds. The van der Waals surface area contributed by atoms with Crippen molar-refractivity contribution in [2.75, 3.05) is 26.4 Å². The summed E-state index contributed by atoms with van der Waals surface area (Å²) in [6.07, 6.45) is 0.753. The fraction of sp³-hybridized carbons (Fsp3) is 0.688. The molecule has 0 saturated heterocycles. The summed E-state index contributed by atoms with van der Waals surface area (Å²) in [4.78, 5) is 14.0. The molecule has 1 aromatic heterocycles. The molecule has 1 rings (SSSR count). The van der Waals surface area contributed by atoms with Crippen molar-refractivity contribution in [2.45, 2.75) is 46.0 Å². The van der Waals surface area contributed by atoms with Crippen molar-refractivity contribution in [3.05, 3.63) is 30.1 Å². The third-order valence-electron chi connectivity index (χ3n) is 3.54. The van der Waals surface area contributed by atoms with E-state index in [-0.39, 0.29) is 26.4 Å². The molecular weight excluding hydrogens is 394 g/mol. The van der Waals surface area contributed by atoms with Crippen LogP contribution in [0, 0.1) is 0 Å². The molecule has 0 spiro atoms. The molecule has 0 aliphatic rings. The average Bonchev–Trinajstić information content (AvgIpc) is 2.59. The van der Waals surface area contributed by atoms with E-state index in [1.54, 1.807) is 33.9 Å².